The molecule has 1 saturated heterocycles. The lowest BCUT2D eigenvalue weighted by Gasteiger charge is -2.32. The van der Waals surface area contributed by atoms with Crippen LogP contribution in [-0.4, -0.2) is 36.9 Å². The van der Waals surface area contributed by atoms with E-state index in [1.54, 1.807) is 31.6 Å². The summed E-state index contributed by atoms with van der Waals surface area (Å²) in [7, 11) is 1.57. The van der Waals surface area contributed by atoms with E-state index in [-0.39, 0.29) is 6.03 Å². The van der Waals surface area contributed by atoms with Crippen LogP contribution in [0.4, 0.5) is 10.5 Å². The molecule has 1 fully saturated rings. The van der Waals surface area contributed by atoms with Gasteiger partial charge in [0.15, 0.2) is 0 Å². The van der Waals surface area contributed by atoms with Gasteiger partial charge in [-0.3, -0.25) is 0 Å². The number of piperidine rings is 1. The first-order valence-electron chi connectivity index (χ1n) is 8.65. The zero-order chi connectivity index (χ0) is 18.4. The predicted molar refractivity (Wildman–Crippen MR) is 106 cm³/mol. The third kappa shape index (κ3) is 5.11. The fourth-order valence-electron chi connectivity index (χ4n) is 3.00. The third-order valence-electron chi connectivity index (χ3n) is 4.48. The van der Waals surface area contributed by atoms with Gasteiger partial charge in [-0.05, 0) is 54.8 Å². The lowest BCUT2D eigenvalue weighted by atomic mass is 9.99. The van der Waals surface area contributed by atoms with Crippen LogP contribution in [-0.2, 0) is 5.75 Å². The Balaban J connectivity index is 1.44. The molecule has 1 aliphatic rings. The Hall–Kier alpha value is -1.79. The molecule has 2 heterocycles. The van der Waals surface area contributed by atoms with E-state index in [0.29, 0.717) is 22.4 Å². The van der Waals surface area contributed by atoms with Gasteiger partial charge in [-0.25, -0.2) is 4.79 Å². The van der Waals surface area contributed by atoms with Crippen LogP contribution in [0.25, 0.3) is 0 Å². The smallest absolute Gasteiger partial charge is 0.321 e. The normalized spacial score (nSPS) is 15.1. The second-order valence-corrected chi connectivity index (χ2v) is 7.77. The molecule has 3 rings (SSSR count). The van der Waals surface area contributed by atoms with E-state index in [4.69, 9.17) is 20.8 Å². The monoisotopic (exact) mass is 394 g/mol. The lowest BCUT2D eigenvalue weighted by Crippen LogP contribution is -2.41. The van der Waals surface area contributed by atoms with Crippen molar-refractivity contribution in [1.29, 1.82) is 0 Å². The standard InChI is InChI=1S/C19H23ClN2O3S/c1-24-18-5-4-15(20)11-17(18)21-19(23)22-8-6-14(7-9-22)12-26-13-16-3-2-10-25-16/h2-5,10-11,14H,6-9,12-13H2,1H3,(H,21,23). The second-order valence-electron chi connectivity index (χ2n) is 6.30. The van der Waals surface area contributed by atoms with Crippen LogP contribution in [0, 0.1) is 5.92 Å². The van der Waals surface area contributed by atoms with Crippen molar-refractivity contribution in [2.75, 3.05) is 31.3 Å². The van der Waals surface area contributed by atoms with Crippen LogP contribution in [0.2, 0.25) is 5.02 Å². The number of anilines is 1. The van der Waals surface area contributed by atoms with Crippen LogP contribution >= 0.6 is 23.4 Å². The van der Waals surface area contributed by atoms with Gasteiger partial charge in [0.05, 0.1) is 24.8 Å². The number of carbonyl (C=O) groups excluding carboxylic acids is 1. The molecule has 5 nitrogen and oxygen atoms in total. The largest absolute Gasteiger partial charge is 0.495 e. The van der Waals surface area contributed by atoms with Crippen LogP contribution in [0.3, 0.4) is 0 Å². The van der Waals surface area contributed by atoms with Crippen molar-refractivity contribution in [2.45, 2.75) is 18.6 Å². The molecular weight excluding hydrogens is 372 g/mol. The van der Waals surface area contributed by atoms with Crippen LogP contribution < -0.4 is 10.1 Å². The summed E-state index contributed by atoms with van der Waals surface area (Å²) in [5.74, 6) is 4.26. The minimum atomic E-state index is -0.104. The number of ether oxygens (including phenoxy) is 1. The van der Waals surface area contributed by atoms with Gasteiger partial charge in [0, 0.05) is 18.1 Å². The van der Waals surface area contributed by atoms with Crippen molar-refractivity contribution in [3.63, 3.8) is 0 Å². The molecule has 0 spiro atoms. The second kappa shape index (κ2) is 9.24. The summed E-state index contributed by atoms with van der Waals surface area (Å²) >= 11 is 7.91. The Bertz CT molecular complexity index is 716. The molecule has 1 aliphatic heterocycles. The number of hydrogen-bond acceptors (Lipinski definition) is 4. The Kier molecular flexibility index (Phi) is 6.74. The molecule has 7 heteroatoms. The van der Waals surface area contributed by atoms with Gasteiger partial charge in [0.2, 0.25) is 0 Å². The van der Waals surface area contributed by atoms with Gasteiger partial charge >= 0.3 is 6.03 Å². The minimum Gasteiger partial charge on any atom is -0.495 e. The highest BCUT2D eigenvalue weighted by molar-refractivity contribution is 7.98. The van der Waals surface area contributed by atoms with Gasteiger partial charge < -0.3 is 19.4 Å². The van der Waals surface area contributed by atoms with Gasteiger partial charge in [-0.2, -0.15) is 11.8 Å². The van der Waals surface area contributed by atoms with E-state index in [9.17, 15) is 4.79 Å². The summed E-state index contributed by atoms with van der Waals surface area (Å²) in [4.78, 5) is 14.4. The van der Waals surface area contributed by atoms with Crippen molar-refractivity contribution in [3.05, 3.63) is 47.4 Å². The van der Waals surface area contributed by atoms with Crippen molar-refractivity contribution in [1.82, 2.24) is 4.90 Å². The SMILES string of the molecule is COc1ccc(Cl)cc1NC(=O)N1CCC(CSCc2ccco2)CC1. The molecule has 0 radical (unpaired) electrons. The number of nitrogens with one attached hydrogen (secondary N) is 1. The summed E-state index contributed by atoms with van der Waals surface area (Å²) in [6.45, 7) is 1.53. The number of methoxy groups -OCH3 is 1. The predicted octanol–water partition coefficient (Wildman–Crippen LogP) is 5.12. The van der Waals surface area contributed by atoms with E-state index in [1.165, 1.54) is 0 Å². The van der Waals surface area contributed by atoms with Gasteiger partial charge in [0.1, 0.15) is 11.5 Å². The third-order valence-corrected chi connectivity index (χ3v) is 5.91. The zero-order valence-electron chi connectivity index (χ0n) is 14.7. The molecule has 1 aromatic carbocycles. The highest BCUT2D eigenvalue weighted by atomic mass is 35.5. The summed E-state index contributed by atoms with van der Waals surface area (Å²) in [5.41, 5.74) is 0.598. The molecule has 0 bridgehead atoms. The number of likely N-dealkylation sites (tertiary alicyclic amines) is 1. The Labute approximate surface area is 163 Å². The number of carbonyl (C=O) groups is 1. The molecular formula is C19H23ClN2O3S. The number of urea groups is 1. The summed E-state index contributed by atoms with van der Waals surface area (Å²) < 4.78 is 10.6. The fraction of sp³-hybridized carbons (Fsp3) is 0.421. The molecule has 0 unspecified atom stereocenters. The Morgan fingerprint density at radius 1 is 1.38 bits per heavy atom. The van der Waals surface area contributed by atoms with E-state index >= 15 is 0 Å². The average Bonchev–Trinajstić information content (AvgIpc) is 3.16. The number of nitrogens with zero attached hydrogens (tertiary/aromatic N) is 1. The zero-order valence-corrected chi connectivity index (χ0v) is 16.3. The lowest BCUT2D eigenvalue weighted by molar-refractivity contribution is 0.187. The fourth-order valence-corrected chi connectivity index (χ4v) is 4.32. The molecule has 2 amide bonds. The van der Waals surface area contributed by atoms with Crippen molar-refractivity contribution < 1.29 is 13.9 Å². The molecule has 26 heavy (non-hydrogen) atoms. The summed E-state index contributed by atoms with van der Waals surface area (Å²) in [6, 6.07) is 9.01. The van der Waals surface area contributed by atoms with Crippen molar-refractivity contribution >= 4 is 35.1 Å². The maximum absolute atomic E-state index is 12.5. The number of benzene rings is 1. The number of hydrogen-bond donors (Lipinski definition) is 1. The molecule has 1 N–H and O–H groups in total. The molecule has 140 valence electrons. The highest BCUT2D eigenvalue weighted by Crippen LogP contribution is 2.29. The number of furan rings is 1. The molecule has 0 atom stereocenters. The first-order chi connectivity index (χ1) is 12.7. The molecule has 0 aliphatic carbocycles. The summed E-state index contributed by atoms with van der Waals surface area (Å²) in [6.07, 6.45) is 3.75. The minimum absolute atomic E-state index is 0.104. The number of rotatable bonds is 6. The Morgan fingerprint density at radius 2 is 2.19 bits per heavy atom. The maximum Gasteiger partial charge on any atom is 0.321 e. The molecule has 2 aromatic rings. The van der Waals surface area contributed by atoms with Gasteiger partial charge in [-0.1, -0.05) is 11.6 Å². The first-order valence-corrected chi connectivity index (χ1v) is 10.2. The first kappa shape index (κ1) is 19.0. The van der Waals surface area contributed by atoms with Crippen molar-refractivity contribution in [2.24, 2.45) is 5.92 Å². The number of halogens is 1. The quantitative estimate of drug-likeness (QED) is 0.738. The van der Waals surface area contributed by atoms with Gasteiger partial charge in [-0.15, -0.1) is 0 Å². The van der Waals surface area contributed by atoms with E-state index < -0.39 is 0 Å². The maximum atomic E-state index is 12.5. The highest BCUT2D eigenvalue weighted by Gasteiger charge is 2.23. The molecule has 1 aromatic heterocycles. The number of thioether (sulfide) groups is 1. The summed E-state index contributed by atoms with van der Waals surface area (Å²) in [5, 5.41) is 3.47. The van der Waals surface area contributed by atoms with Gasteiger partial charge in [0.25, 0.3) is 0 Å². The molecule has 0 saturated carbocycles. The van der Waals surface area contributed by atoms with Crippen LogP contribution in [0.5, 0.6) is 5.75 Å². The number of amides is 2. The topological polar surface area (TPSA) is 54.7 Å². The Morgan fingerprint density at radius 3 is 2.88 bits per heavy atom. The average molecular weight is 395 g/mol. The van der Waals surface area contributed by atoms with E-state index in [2.05, 4.69) is 5.32 Å². The van der Waals surface area contributed by atoms with Crippen LogP contribution in [0.15, 0.2) is 41.0 Å². The van der Waals surface area contributed by atoms with E-state index in [1.807, 2.05) is 28.8 Å². The van der Waals surface area contributed by atoms with Crippen LogP contribution in [0.1, 0.15) is 18.6 Å². The van der Waals surface area contributed by atoms with E-state index in [0.717, 1.165) is 43.2 Å². The van der Waals surface area contributed by atoms with Crippen molar-refractivity contribution in [3.8, 4) is 5.75 Å².